The lowest BCUT2D eigenvalue weighted by Gasteiger charge is -2.18. The zero-order valence-corrected chi connectivity index (χ0v) is 50.1. The molecule has 0 aromatic heterocycles. The molecule has 75 heavy (non-hydrogen) atoms. The van der Waals surface area contributed by atoms with Crippen molar-refractivity contribution in [1.29, 1.82) is 0 Å². The van der Waals surface area contributed by atoms with Crippen LogP contribution < -0.4 is 0 Å². The number of hydrogen-bond donors (Lipinski definition) is 0. The van der Waals surface area contributed by atoms with E-state index in [-0.39, 0.29) is 31.1 Å². The van der Waals surface area contributed by atoms with Crippen LogP contribution in [0.5, 0.6) is 0 Å². The second-order valence-corrected chi connectivity index (χ2v) is 22.0. The van der Waals surface area contributed by atoms with E-state index in [1.807, 2.05) is 0 Å². The number of carbonyl (C=O) groups excluding carboxylic acids is 3. The fourth-order valence-corrected chi connectivity index (χ4v) is 9.62. The van der Waals surface area contributed by atoms with E-state index in [4.69, 9.17) is 14.2 Å². The maximum atomic E-state index is 12.9. The van der Waals surface area contributed by atoms with Crippen LogP contribution in [0.1, 0.15) is 342 Å². The first-order chi connectivity index (χ1) is 37.0. The first kappa shape index (κ1) is 72.1. The summed E-state index contributed by atoms with van der Waals surface area (Å²) >= 11 is 0. The third-order valence-electron chi connectivity index (χ3n) is 14.5. The maximum Gasteiger partial charge on any atom is 0.306 e. The highest BCUT2D eigenvalue weighted by Crippen LogP contribution is 2.18. The van der Waals surface area contributed by atoms with Gasteiger partial charge in [0.2, 0.25) is 0 Å². The van der Waals surface area contributed by atoms with Crippen molar-refractivity contribution in [2.75, 3.05) is 13.2 Å². The minimum Gasteiger partial charge on any atom is -0.462 e. The third-order valence-corrected chi connectivity index (χ3v) is 14.5. The predicted molar refractivity (Wildman–Crippen MR) is 325 cm³/mol. The highest BCUT2D eigenvalue weighted by atomic mass is 16.6. The van der Waals surface area contributed by atoms with Crippen molar-refractivity contribution < 1.29 is 28.6 Å². The minimum atomic E-state index is -0.781. The Balaban J connectivity index is 4.19. The van der Waals surface area contributed by atoms with Gasteiger partial charge in [-0.1, -0.05) is 306 Å². The lowest BCUT2D eigenvalue weighted by molar-refractivity contribution is -0.167. The molecule has 0 aliphatic carbocycles. The molecule has 0 saturated heterocycles. The van der Waals surface area contributed by atoms with Crippen molar-refractivity contribution >= 4 is 17.9 Å². The third kappa shape index (κ3) is 61.8. The largest absolute Gasteiger partial charge is 0.462 e. The van der Waals surface area contributed by atoms with Crippen LogP contribution in [0.25, 0.3) is 0 Å². The van der Waals surface area contributed by atoms with Crippen molar-refractivity contribution in [3.63, 3.8) is 0 Å². The Morgan fingerprint density at radius 1 is 0.280 bits per heavy atom. The molecular weight excluding hydrogens is 925 g/mol. The second-order valence-electron chi connectivity index (χ2n) is 22.0. The number of hydrogen-bond acceptors (Lipinski definition) is 6. The predicted octanol–water partition coefficient (Wildman–Crippen LogP) is 22.3. The van der Waals surface area contributed by atoms with Gasteiger partial charge in [-0.3, -0.25) is 14.4 Å². The van der Waals surface area contributed by atoms with Crippen molar-refractivity contribution in [2.45, 2.75) is 348 Å². The molecule has 6 nitrogen and oxygen atoms in total. The van der Waals surface area contributed by atoms with Crippen LogP contribution in [0.4, 0.5) is 0 Å². The highest BCUT2D eigenvalue weighted by molar-refractivity contribution is 5.71. The van der Waals surface area contributed by atoms with Crippen LogP contribution in [0, 0.1) is 0 Å². The van der Waals surface area contributed by atoms with Crippen molar-refractivity contribution in [3.05, 3.63) is 60.8 Å². The van der Waals surface area contributed by atoms with Gasteiger partial charge in [-0.05, 0) is 77.0 Å². The normalized spacial score (nSPS) is 12.4. The Morgan fingerprint density at radius 2 is 0.547 bits per heavy atom. The molecule has 0 radical (unpaired) electrons. The van der Waals surface area contributed by atoms with Gasteiger partial charge in [0.15, 0.2) is 6.10 Å². The smallest absolute Gasteiger partial charge is 0.306 e. The van der Waals surface area contributed by atoms with E-state index in [1.165, 1.54) is 199 Å². The van der Waals surface area contributed by atoms with Crippen LogP contribution in [-0.2, 0) is 28.6 Å². The zero-order valence-electron chi connectivity index (χ0n) is 50.1. The van der Waals surface area contributed by atoms with Crippen molar-refractivity contribution in [3.8, 4) is 0 Å². The summed E-state index contributed by atoms with van der Waals surface area (Å²) in [6.07, 6.45) is 81.1. The Bertz CT molecular complexity index is 1340. The van der Waals surface area contributed by atoms with Gasteiger partial charge < -0.3 is 14.2 Å². The summed E-state index contributed by atoms with van der Waals surface area (Å²) in [7, 11) is 0. The van der Waals surface area contributed by atoms with E-state index >= 15 is 0 Å². The molecule has 0 fully saturated rings. The summed E-state index contributed by atoms with van der Waals surface area (Å²) in [6, 6.07) is 0. The molecule has 0 rings (SSSR count). The number of rotatable bonds is 60. The molecule has 1 atom stereocenters. The number of ether oxygens (including phenoxy) is 3. The van der Waals surface area contributed by atoms with E-state index in [9.17, 15) is 14.4 Å². The molecule has 6 heteroatoms. The van der Waals surface area contributed by atoms with Crippen LogP contribution in [-0.4, -0.2) is 37.2 Å². The van der Waals surface area contributed by atoms with Gasteiger partial charge in [-0.2, -0.15) is 0 Å². The van der Waals surface area contributed by atoms with Gasteiger partial charge in [0, 0.05) is 19.3 Å². The minimum absolute atomic E-state index is 0.0771. The first-order valence-corrected chi connectivity index (χ1v) is 32.8. The zero-order chi connectivity index (χ0) is 54.3. The van der Waals surface area contributed by atoms with Crippen LogP contribution >= 0.6 is 0 Å². The van der Waals surface area contributed by atoms with E-state index in [0.717, 1.165) is 103 Å². The maximum absolute atomic E-state index is 12.9. The van der Waals surface area contributed by atoms with Gasteiger partial charge in [0.05, 0.1) is 0 Å². The Kier molecular flexibility index (Phi) is 61.2. The van der Waals surface area contributed by atoms with Crippen LogP contribution in [0.3, 0.4) is 0 Å². The molecule has 0 aliphatic rings. The Labute approximate surface area is 466 Å². The molecule has 0 heterocycles. The summed E-state index contributed by atoms with van der Waals surface area (Å²) in [5.74, 6) is -0.879. The van der Waals surface area contributed by atoms with E-state index < -0.39 is 6.10 Å². The fraction of sp³-hybridized carbons (Fsp3) is 0.812. The first-order valence-electron chi connectivity index (χ1n) is 32.8. The number of carbonyl (C=O) groups is 3. The van der Waals surface area contributed by atoms with Crippen molar-refractivity contribution in [2.24, 2.45) is 0 Å². The molecule has 0 aliphatic heterocycles. The summed E-state index contributed by atoms with van der Waals surface area (Å²) in [6.45, 7) is 6.50. The van der Waals surface area contributed by atoms with Gasteiger partial charge in [0.25, 0.3) is 0 Å². The average Bonchev–Trinajstić information content (AvgIpc) is 3.41. The molecule has 0 spiro atoms. The van der Waals surface area contributed by atoms with Crippen molar-refractivity contribution in [1.82, 2.24) is 0 Å². The molecule has 0 bridgehead atoms. The molecule has 0 amide bonds. The summed E-state index contributed by atoms with van der Waals surface area (Å²) in [5.41, 5.74) is 0. The van der Waals surface area contributed by atoms with Gasteiger partial charge in [-0.25, -0.2) is 0 Å². The average molecular weight is 1050 g/mol. The van der Waals surface area contributed by atoms with Gasteiger partial charge in [-0.15, -0.1) is 0 Å². The number of esters is 3. The number of allylic oxidation sites excluding steroid dienone is 10. The van der Waals surface area contributed by atoms with Gasteiger partial charge >= 0.3 is 17.9 Å². The van der Waals surface area contributed by atoms with Crippen LogP contribution in [0.15, 0.2) is 60.8 Å². The standard InChI is InChI=1S/C69H124O6/c1-4-7-10-13-16-19-22-24-26-28-30-32-33-34-35-36-38-39-41-43-45-47-50-53-56-59-62-68(71)74-65-66(64-73-67(70)61-58-55-52-49-21-18-15-12-9-6-3)75-69(72)63-60-57-54-51-48-46-44-42-40-37-31-29-27-25-23-20-17-14-11-8-5-2/h8,11-12,15,17,20,25,27,31,37,66H,4-7,9-10,13-14,16,18-19,21-24,26,28-30,32-36,38-65H2,1-3H3/b11-8-,15-12-,20-17-,27-25-,37-31-. The Morgan fingerprint density at radius 3 is 0.880 bits per heavy atom. The quantitative estimate of drug-likeness (QED) is 0.0261. The SMILES string of the molecule is CC/C=C\C/C=C\C/C=C\C/C=C\CCCCCCCCCCC(=O)OC(COC(=O)CCCCCCC/C=C\CCC)COC(=O)CCCCCCCCCCCCCCCCCCCCCCCCCCCC. The van der Waals surface area contributed by atoms with Gasteiger partial charge in [0.1, 0.15) is 13.2 Å². The summed E-state index contributed by atoms with van der Waals surface area (Å²) in [4.78, 5) is 38.2. The summed E-state index contributed by atoms with van der Waals surface area (Å²) < 4.78 is 16.9. The molecule has 0 saturated carbocycles. The molecule has 0 aromatic rings. The molecule has 0 aromatic carbocycles. The summed E-state index contributed by atoms with van der Waals surface area (Å²) in [5, 5.41) is 0. The lowest BCUT2D eigenvalue weighted by Crippen LogP contribution is -2.30. The van der Waals surface area contributed by atoms with E-state index in [2.05, 4.69) is 81.5 Å². The van der Waals surface area contributed by atoms with E-state index in [1.54, 1.807) is 0 Å². The topological polar surface area (TPSA) is 78.9 Å². The van der Waals surface area contributed by atoms with Crippen LogP contribution in [0.2, 0.25) is 0 Å². The lowest BCUT2D eigenvalue weighted by atomic mass is 10.0. The molecule has 1 unspecified atom stereocenters. The molecule has 436 valence electrons. The fourth-order valence-electron chi connectivity index (χ4n) is 9.62. The monoisotopic (exact) mass is 1050 g/mol. The molecular formula is C69H124O6. The number of unbranched alkanes of at least 4 members (excludes halogenated alkanes) is 39. The Hall–Kier alpha value is -2.89. The van der Waals surface area contributed by atoms with E-state index in [0.29, 0.717) is 19.3 Å². The highest BCUT2D eigenvalue weighted by Gasteiger charge is 2.19. The second kappa shape index (κ2) is 63.6. The molecule has 0 N–H and O–H groups in total.